The summed E-state index contributed by atoms with van der Waals surface area (Å²) in [5.74, 6) is 0. The molecule has 2 rings (SSSR count). The summed E-state index contributed by atoms with van der Waals surface area (Å²) in [5, 5.41) is 3.59. The van der Waals surface area contributed by atoms with Crippen LogP contribution in [0.3, 0.4) is 0 Å². The van der Waals surface area contributed by atoms with Crippen LogP contribution < -0.4 is 5.32 Å². The predicted molar refractivity (Wildman–Crippen MR) is 64.2 cm³/mol. The van der Waals surface area contributed by atoms with Gasteiger partial charge in [-0.15, -0.1) is 0 Å². The lowest BCUT2D eigenvalue weighted by Crippen LogP contribution is -2.53. The Hall–Kier alpha value is -0.120. The van der Waals surface area contributed by atoms with E-state index < -0.39 is 0 Å². The van der Waals surface area contributed by atoms with E-state index in [1.165, 1.54) is 52.1 Å². The average molecular weight is 211 g/mol. The molecule has 2 heterocycles. The molecule has 1 N–H and O–H groups in total. The maximum atomic E-state index is 3.59. The summed E-state index contributed by atoms with van der Waals surface area (Å²) in [4.78, 5) is 5.22. The highest BCUT2D eigenvalue weighted by atomic mass is 15.3. The molecule has 2 saturated heterocycles. The summed E-state index contributed by atoms with van der Waals surface area (Å²) in [7, 11) is 0. The molecule has 0 aromatic carbocycles. The molecule has 0 saturated carbocycles. The van der Waals surface area contributed by atoms with E-state index in [1.807, 2.05) is 0 Å². The third kappa shape index (κ3) is 2.92. The lowest BCUT2D eigenvalue weighted by atomic mass is 10.1. The predicted octanol–water partition coefficient (Wildman–Crippen LogP) is 0.764. The van der Waals surface area contributed by atoms with Crippen molar-refractivity contribution in [2.24, 2.45) is 0 Å². The van der Waals surface area contributed by atoms with Gasteiger partial charge in [-0.2, -0.15) is 0 Å². The number of nitrogens with zero attached hydrogens (tertiary/aromatic N) is 2. The van der Waals surface area contributed by atoms with Crippen molar-refractivity contribution in [1.82, 2.24) is 15.1 Å². The Bertz CT molecular complexity index is 189. The number of piperazine rings is 1. The van der Waals surface area contributed by atoms with Crippen LogP contribution in [0.2, 0.25) is 0 Å². The van der Waals surface area contributed by atoms with Crippen molar-refractivity contribution < 1.29 is 0 Å². The van der Waals surface area contributed by atoms with E-state index >= 15 is 0 Å². The molecule has 0 amide bonds. The molecule has 88 valence electrons. The van der Waals surface area contributed by atoms with Crippen molar-refractivity contribution in [3.63, 3.8) is 0 Å². The lowest BCUT2D eigenvalue weighted by Gasteiger charge is -2.40. The highest BCUT2D eigenvalue weighted by Crippen LogP contribution is 2.12. The summed E-state index contributed by atoms with van der Waals surface area (Å²) in [5.41, 5.74) is 0. The van der Waals surface area contributed by atoms with E-state index in [9.17, 15) is 0 Å². The second-order valence-corrected chi connectivity index (χ2v) is 5.03. The second-order valence-electron chi connectivity index (χ2n) is 5.03. The molecular weight excluding hydrogens is 186 g/mol. The van der Waals surface area contributed by atoms with E-state index in [2.05, 4.69) is 29.0 Å². The Kier molecular flexibility index (Phi) is 4.00. The number of rotatable bonds is 3. The number of nitrogens with one attached hydrogen (secondary N) is 1. The van der Waals surface area contributed by atoms with Crippen LogP contribution in [-0.4, -0.2) is 61.2 Å². The first-order valence-electron chi connectivity index (χ1n) is 6.49. The van der Waals surface area contributed by atoms with Crippen molar-refractivity contribution in [2.45, 2.75) is 38.8 Å². The third-order valence-corrected chi connectivity index (χ3v) is 3.90. The van der Waals surface area contributed by atoms with Gasteiger partial charge in [0.25, 0.3) is 0 Å². The Morgan fingerprint density at radius 1 is 1.33 bits per heavy atom. The Labute approximate surface area is 93.8 Å². The van der Waals surface area contributed by atoms with Gasteiger partial charge < -0.3 is 5.32 Å². The monoisotopic (exact) mass is 211 g/mol. The van der Waals surface area contributed by atoms with Crippen LogP contribution in [0.15, 0.2) is 0 Å². The Morgan fingerprint density at radius 2 is 2.20 bits per heavy atom. The fourth-order valence-electron chi connectivity index (χ4n) is 2.93. The minimum Gasteiger partial charge on any atom is -0.313 e. The van der Waals surface area contributed by atoms with Gasteiger partial charge >= 0.3 is 0 Å². The minimum atomic E-state index is 0.741. The van der Waals surface area contributed by atoms with Crippen LogP contribution in [0, 0.1) is 0 Å². The standard InChI is InChI=1S/C12H25N3/c1-3-15-8-7-14(9-11(15)2)10-12-5-4-6-13-12/h11-13H,3-10H2,1-2H3/t11?,12-/m0/s1. The summed E-state index contributed by atoms with van der Waals surface area (Å²) >= 11 is 0. The summed E-state index contributed by atoms with van der Waals surface area (Å²) in [6.07, 6.45) is 2.75. The fraction of sp³-hybridized carbons (Fsp3) is 1.00. The summed E-state index contributed by atoms with van der Waals surface area (Å²) < 4.78 is 0. The lowest BCUT2D eigenvalue weighted by molar-refractivity contribution is 0.0827. The fourth-order valence-corrected chi connectivity index (χ4v) is 2.93. The third-order valence-electron chi connectivity index (χ3n) is 3.90. The van der Waals surface area contributed by atoms with Gasteiger partial charge in [-0.05, 0) is 32.9 Å². The molecule has 0 radical (unpaired) electrons. The molecule has 0 aromatic heterocycles. The van der Waals surface area contributed by atoms with Crippen LogP contribution in [0.25, 0.3) is 0 Å². The van der Waals surface area contributed by atoms with Crippen LogP contribution in [0.5, 0.6) is 0 Å². The van der Waals surface area contributed by atoms with Crippen LogP contribution >= 0.6 is 0 Å². The van der Waals surface area contributed by atoms with Gasteiger partial charge in [0.05, 0.1) is 0 Å². The van der Waals surface area contributed by atoms with E-state index in [-0.39, 0.29) is 0 Å². The van der Waals surface area contributed by atoms with Crippen molar-refractivity contribution in [2.75, 3.05) is 39.3 Å². The highest BCUT2D eigenvalue weighted by Gasteiger charge is 2.25. The zero-order chi connectivity index (χ0) is 10.7. The van der Waals surface area contributed by atoms with Gasteiger partial charge in [0, 0.05) is 38.3 Å². The average Bonchev–Trinajstić information content (AvgIpc) is 2.71. The summed E-state index contributed by atoms with van der Waals surface area (Å²) in [6.45, 7) is 12.1. The summed E-state index contributed by atoms with van der Waals surface area (Å²) in [6, 6.07) is 1.51. The van der Waals surface area contributed by atoms with Crippen molar-refractivity contribution in [1.29, 1.82) is 0 Å². The Morgan fingerprint density at radius 3 is 2.80 bits per heavy atom. The minimum absolute atomic E-state index is 0.741. The molecule has 0 aliphatic carbocycles. The maximum Gasteiger partial charge on any atom is 0.0195 e. The zero-order valence-electron chi connectivity index (χ0n) is 10.2. The number of likely N-dealkylation sites (N-methyl/N-ethyl adjacent to an activating group) is 1. The quantitative estimate of drug-likeness (QED) is 0.744. The molecular formula is C12H25N3. The SMILES string of the molecule is CCN1CCN(C[C@@H]2CCCN2)CC1C. The van der Waals surface area contributed by atoms with Crippen molar-refractivity contribution >= 4 is 0 Å². The topological polar surface area (TPSA) is 18.5 Å². The van der Waals surface area contributed by atoms with Gasteiger partial charge in [-0.25, -0.2) is 0 Å². The van der Waals surface area contributed by atoms with Gasteiger partial charge in [0.1, 0.15) is 0 Å². The zero-order valence-corrected chi connectivity index (χ0v) is 10.2. The van der Waals surface area contributed by atoms with Crippen molar-refractivity contribution in [3.05, 3.63) is 0 Å². The van der Waals surface area contributed by atoms with Gasteiger partial charge in [-0.3, -0.25) is 9.80 Å². The van der Waals surface area contributed by atoms with E-state index in [0.29, 0.717) is 0 Å². The van der Waals surface area contributed by atoms with Crippen LogP contribution in [0.4, 0.5) is 0 Å². The number of hydrogen-bond donors (Lipinski definition) is 1. The Balaban J connectivity index is 1.75. The highest BCUT2D eigenvalue weighted by molar-refractivity contribution is 4.83. The molecule has 2 aliphatic heterocycles. The van der Waals surface area contributed by atoms with Gasteiger partial charge in [-0.1, -0.05) is 6.92 Å². The number of hydrogen-bond acceptors (Lipinski definition) is 3. The molecule has 3 heteroatoms. The first-order chi connectivity index (χ1) is 7.29. The molecule has 3 nitrogen and oxygen atoms in total. The first-order valence-corrected chi connectivity index (χ1v) is 6.49. The molecule has 0 spiro atoms. The second kappa shape index (κ2) is 5.28. The molecule has 0 bridgehead atoms. The maximum absolute atomic E-state index is 3.59. The van der Waals surface area contributed by atoms with Crippen LogP contribution in [0.1, 0.15) is 26.7 Å². The van der Waals surface area contributed by atoms with E-state index in [0.717, 1.165) is 12.1 Å². The normalized spacial score (nSPS) is 34.8. The molecule has 1 unspecified atom stereocenters. The van der Waals surface area contributed by atoms with Gasteiger partial charge in [0.2, 0.25) is 0 Å². The molecule has 2 atom stereocenters. The first kappa shape index (κ1) is 11.4. The smallest absolute Gasteiger partial charge is 0.0195 e. The van der Waals surface area contributed by atoms with Crippen molar-refractivity contribution in [3.8, 4) is 0 Å². The van der Waals surface area contributed by atoms with Crippen LogP contribution in [-0.2, 0) is 0 Å². The van der Waals surface area contributed by atoms with Gasteiger partial charge in [0.15, 0.2) is 0 Å². The molecule has 2 fully saturated rings. The molecule has 0 aromatic rings. The van der Waals surface area contributed by atoms with E-state index in [4.69, 9.17) is 0 Å². The van der Waals surface area contributed by atoms with E-state index in [1.54, 1.807) is 0 Å². The molecule has 2 aliphatic rings. The molecule has 15 heavy (non-hydrogen) atoms. The largest absolute Gasteiger partial charge is 0.313 e.